The second-order valence-corrected chi connectivity index (χ2v) is 6.06. The highest BCUT2D eigenvalue weighted by Crippen LogP contribution is 2.46. The van der Waals surface area contributed by atoms with Crippen molar-refractivity contribution in [2.45, 2.75) is 38.5 Å². The van der Waals surface area contributed by atoms with E-state index in [9.17, 15) is 9.18 Å². The number of amides is 1. The van der Waals surface area contributed by atoms with Crippen LogP contribution in [0.25, 0.3) is 0 Å². The number of hydrogen-bond donors (Lipinski definition) is 1. The molecule has 2 heterocycles. The Labute approximate surface area is 118 Å². The monoisotopic (exact) mass is 277 g/mol. The molecule has 1 aromatic rings. The molecule has 0 radical (unpaired) electrons. The van der Waals surface area contributed by atoms with E-state index in [2.05, 4.69) is 4.98 Å². The molecule has 2 aliphatic rings. The standard InChI is InChI=1S/C15H20FN3O/c16-12-11(3-8-18-13(12)17)14(20)19-9-6-15(7-10-19)4-1-2-5-15/h3,8H,1-2,4-7,9-10H2,(H2,17,18). The molecule has 1 aliphatic carbocycles. The molecule has 3 rings (SSSR count). The van der Waals surface area contributed by atoms with Crippen LogP contribution in [0.15, 0.2) is 12.3 Å². The number of carbonyl (C=O) groups is 1. The van der Waals surface area contributed by atoms with Gasteiger partial charge in [0.1, 0.15) is 0 Å². The van der Waals surface area contributed by atoms with Crippen LogP contribution in [0.5, 0.6) is 0 Å². The summed E-state index contributed by atoms with van der Waals surface area (Å²) in [5.74, 6) is -1.16. The van der Waals surface area contributed by atoms with Gasteiger partial charge in [-0.25, -0.2) is 9.37 Å². The maximum Gasteiger partial charge on any atom is 0.257 e. The Morgan fingerprint density at radius 1 is 1.25 bits per heavy atom. The van der Waals surface area contributed by atoms with Crippen LogP contribution in [0.4, 0.5) is 10.2 Å². The number of hydrogen-bond acceptors (Lipinski definition) is 3. The lowest BCUT2D eigenvalue weighted by atomic mass is 9.77. The van der Waals surface area contributed by atoms with Crippen molar-refractivity contribution in [1.29, 1.82) is 0 Å². The second kappa shape index (κ2) is 5.04. The van der Waals surface area contributed by atoms with Crippen molar-refractivity contribution in [3.05, 3.63) is 23.6 Å². The number of nitrogen functional groups attached to an aromatic ring is 1. The quantitative estimate of drug-likeness (QED) is 0.858. The van der Waals surface area contributed by atoms with Crippen LogP contribution in [0.1, 0.15) is 48.9 Å². The van der Waals surface area contributed by atoms with Crippen molar-refractivity contribution in [3.63, 3.8) is 0 Å². The summed E-state index contributed by atoms with van der Waals surface area (Å²) >= 11 is 0. The third-order valence-electron chi connectivity index (χ3n) is 4.92. The highest BCUT2D eigenvalue weighted by Gasteiger charge is 2.38. The largest absolute Gasteiger partial charge is 0.381 e. The Morgan fingerprint density at radius 2 is 1.90 bits per heavy atom. The first-order valence-corrected chi connectivity index (χ1v) is 7.31. The zero-order valence-electron chi connectivity index (χ0n) is 11.6. The summed E-state index contributed by atoms with van der Waals surface area (Å²) < 4.78 is 13.9. The first kappa shape index (κ1) is 13.3. The van der Waals surface area contributed by atoms with Gasteiger partial charge in [0.15, 0.2) is 11.6 Å². The van der Waals surface area contributed by atoms with Gasteiger partial charge in [0.05, 0.1) is 5.56 Å². The second-order valence-electron chi connectivity index (χ2n) is 6.06. The van der Waals surface area contributed by atoms with Crippen molar-refractivity contribution in [2.24, 2.45) is 5.41 Å². The van der Waals surface area contributed by atoms with E-state index in [4.69, 9.17) is 5.73 Å². The lowest BCUT2D eigenvalue weighted by Gasteiger charge is -2.39. The van der Waals surface area contributed by atoms with Gasteiger partial charge in [-0.2, -0.15) is 0 Å². The van der Waals surface area contributed by atoms with E-state index in [1.807, 2.05) is 0 Å². The Bertz CT molecular complexity index is 516. The van der Waals surface area contributed by atoms with Gasteiger partial charge in [-0.15, -0.1) is 0 Å². The van der Waals surface area contributed by atoms with E-state index in [0.717, 1.165) is 25.9 Å². The number of aromatic nitrogens is 1. The fourth-order valence-corrected chi connectivity index (χ4v) is 3.60. The minimum absolute atomic E-state index is 0.0415. The Morgan fingerprint density at radius 3 is 2.55 bits per heavy atom. The molecule has 0 aromatic carbocycles. The van der Waals surface area contributed by atoms with E-state index in [-0.39, 0.29) is 17.3 Å². The molecule has 108 valence electrons. The molecule has 1 spiro atoms. The predicted octanol–water partition coefficient (Wildman–Crippen LogP) is 2.60. The molecule has 2 N–H and O–H groups in total. The summed E-state index contributed by atoms with van der Waals surface area (Å²) in [7, 11) is 0. The van der Waals surface area contributed by atoms with E-state index < -0.39 is 5.82 Å². The summed E-state index contributed by atoms with van der Waals surface area (Å²) in [4.78, 5) is 17.8. The predicted molar refractivity (Wildman–Crippen MR) is 74.6 cm³/mol. The average Bonchev–Trinajstić information content (AvgIpc) is 2.90. The summed E-state index contributed by atoms with van der Waals surface area (Å²) in [5, 5.41) is 0. The Kier molecular flexibility index (Phi) is 3.36. The summed E-state index contributed by atoms with van der Waals surface area (Å²) in [6, 6.07) is 1.41. The number of nitrogens with two attached hydrogens (primary N) is 1. The van der Waals surface area contributed by atoms with Gasteiger partial charge in [-0.1, -0.05) is 12.8 Å². The minimum Gasteiger partial charge on any atom is -0.381 e. The Balaban J connectivity index is 1.71. The van der Waals surface area contributed by atoms with E-state index in [1.165, 1.54) is 37.9 Å². The highest BCUT2D eigenvalue weighted by atomic mass is 19.1. The number of anilines is 1. The number of piperidine rings is 1. The lowest BCUT2D eigenvalue weighted by molar-refractivity contribution is 0.0583. The average molecular weight is 277 g/mol. The first-order chi connectivity index (χ1) is 9.61. The molecule has 1 aromatic heterocycles. The third-order valence-corrected chi connectivity index (χ3v) is 4.92. The molecule has 2 fully saturated rings. The lowest BCUT2D eigenvalue weighted by Crippen LogP contribution is -2.42. The van der Waals surface area contributed by atoms with Gasteiger partial charge in [0.25, 0.3) is 5.91 Å². The van der Waals surface area contributed by atoms with Crippen molar-refractivity contribution >= 4 is 11.7 Å². The fourth-order valence-electron chi connectivity index (χ4n) is 3.60. The highest BCUT2D eigenvalue weighted by molar-refractivity contribution is 5.95. The van der Waals surface area contributed by atoms with Crippen LogP contribution in [-0.4, -0.2) is 28.9 Å². The molecular formula is C15H20FN3O. The third kappa shape index (κ3) is 2.25. The molecule has 0 unspecified atom stereocenters. The van der Waals surface area contributed by atoms with Gasteiger partial charge in [0, 0.05) is 19.3 Å². The van der Waals surface area contributed by atoms with Crippen molar-refractivity contribution in [1.82, 2.24) is 9.88 Å². The van der Waals surface area contributed by atoms with E-state index in [0.29, 0.717) is 5.41 Å². The number of rotatable bonds is 1. The molecule has 0 atom stereocenters. The molecule has 1 amide bonds. The van der Waals surface area contributed by atoms with Crippen LogP contribution in [-0.2, 0) is 0 Å². The zero-order valence-corrected chi connectivity index (χ0v) is 11.6. The number of halogens is 1. The summed E-state index contributed by atoms with van der Waals surface area (Å²) in [6.45, 7) is 1.45. The van der Waals surface area contributed by atoms with Gasteiger partial charge in [0.2, 0.25) is 0 Å². The molecular weight excluding hydrogens is 257 g/mol. The van der Waals surface area contributed by atoms with Crippen LogP contribution in [0.2, 0.25) is 0 Å². The van der Waals surface area contributed by atoms with Crippen LogP contribution in [0.3, 0.4) is 0 Å². The molecule has 1 aliphatic heterocycles. The van der Waals surface area contributed by atoms with Gasteiger partial charge in [-0.05, 0) is 37.2 Å². The molecule has 4 nitrogen and oxygen atoms in total. The fraction of sp³-hybridized carbons (Fsp3) is 0.600. The maximum atomic E-state index is 13.9. The number of pyridine rings is 1. The van der Waals surface area contributed by atoms with Crippen LogP contribution >= 0.6 is 0 Å². The summed E-state index contributed by atoms with van der Waals surface area (Å²) in [6.07, 6.45) is 8.65. The van der Waals surface area contributed by atoms with E-state index in [1.54, 1.807) is 4.90 Å². The van der Waals surface area contributed by atoms with E-state index >= 15 is 0 Å². The van der Waals surface area contributed by atoms with Gasteiger partial charge < -0.3 is 10.6 Å². The zero-order chi connectivity index (χ0) is 14.2. The van der Waals surface area contributed by atoms with Gasteiger partial charge >= 0.3 is 0 Å². The van der Waals surface area contributed by atoms with Crippen LogP contribution in [0, 0.1) is 11.2 Å². The molecule has 20 heavy (non-hydrogen) atoms. The van der Waals surface area contributed by atoms with Crippen LogP contribution < -0.4 is 5.73 Å². The van der Waals surface area contributed by atoms with Crippen molar-refractivity contribution in [3.8, 4) is 0 Å². The molecule has 1 saturated heterocycles. The summed E-state index contributed by atoms with van der Waals surface area (Å²) in [5.41, 5.74) is 5.92. The van der Waals surface area contributed by atoms with Crippen molar-refractivity contribution < 1.29 is 9.18 Å². The SMILES string of the molecule is Nc1nccc(C(=O)N2CCC3(CCCC3)CC2)c1F. The Hall–Kier alpha value is -1.65. The van der Waals surface area contributed by atoms with Gasteiger partial charge in [-0.3, -0.25) is 4.79 Å². The molecule has 1 saturated carbocycles. The number of likely N-dealkylation sites (tertiary alicyclic amines) is 1. The topological polar surface area (TPSA) is 59.2 Å². The first-order valence-electron chi connectivity index (χ1n) is 7.31. The molecule has 5 heteroatoms. The number of carbonyl (C=O) groups excluding carboxylic acids is 1. The molecule has 0 bridgehead atoms. The minimum atomic E-state index is -0.696. The maximum absolute atomic E-state index is 13.9. The number of nitrogens with zero attached hydrogens (tertiary/aromatic N) is 2. The normalized spacial score (nSPS) is 21.4. The van der Waals surface area contributed by atoms with Crippen molar-refractivity contribution in [2.75, 3.05) is 18.8 Å². The smallest absolute Gasteiger partial charge is 0.257 e.